The highest BCUT2D eigenvalue weighted by Crippen LogP contribution is 2.26. The van der Waals surface area contributed by atoms with Crippen LogP contribution >= 0.6 is 15.9 Å². The fourth-order valence-electron chi connectivity index (χ4n) is 1.84. The van der Waals surface area contributed by atoms with Crippen LogP contribution in [0.15, 0.2) is 45.7 Å². The van der Waals surface area contributed by atoms with Crippen molar-refractivity contribution in [2.45, 2.75) is 0 Å². The number of nitrogen functional groups attached to an aromatic ring is 1. The van der Waals surface area contributed by atoms with Crippen molar-refractivity contribution < 1.29 is 9.13 Å². The maximum absolute atomic E-state index is 13.6. The van der Waals surface area contributed by atoms with Gasteiger partial charge in [0.15, 0.2) is 11.6 Å². The van der Waals surface area contributed by atoms with Crippen LogP contribution < -0.4 is 16.0 Å². The molecule has 0 spiro atoms. The van der Waals surface area contributed by atoms with Gasteiger partial charge in [-0.2, -0.15) is 4.98 Å². The Morgan fingerprint density at radius 3 is 2.86 bits per heavy atom. The molecule has 0 aliphatic rings. The summed E-state index contributed by atoms with van der Waals surface area (Å²) in [5, 5.41) is 0.345. The number of nitrogens with one attached hydrogen (secondary N) is 1. The smallest absolute Gasteiger partial charge is 0.302 e. The topological polar surface area (TPSA) is 81.0 Å². The van der Waals surface area contributed by atoms with E-state index >= 15 is 0 Å². The molecule has 106 valence electrons. The van der Waals surface area contributed by atoms with Gasteiger partial charge in [0.25, 0.3) is 5.56 Å². The first-order valence-electron chi connectivity index (χ1n) is 5.95. The van der Waals surface area contributed by atoms with Gasteiger partial charge < -0.3 is 10.5 Å². The summed E-state index contributed by atoms with van der Waals surface area (Å²) in [7, 11) is 0. The first-order chi connectivity index (χ1) is 10.0. The summed E-state index contributed by atoms with van der Waals surface area (Å²) >= 11 is 3.22. The first-order valence-corrected chi connectivity index (χ1v) is 6.75. The van der Waals surface area contributed by atoms with Gasteiger partial charge in [-0.25, -0.2) is 4.39 Å². The lowest BCUT2D eigenvalue weighted by atomic mass is 10.2. The van der Waals surface area contributed by atoms with Crippen molar-refractivity contribution in [3.05, 3.63) is 57.0 Å². The maximum Gasteiger partial charge on any atom is 0.302 e. The summed E-state index contributed by atoms with van der Waals surface area (Å²) in [5.41, 5.74) is 6.09. The molecule has 0 unspecified atom stereocenters. The number of rotatable bonds is 2. The Bertz CT molecular complexity index is 895. The minimum absolute atomic E-state index is 0.0395. The van der Waals surface area contributed by atoms with Gasteiger partial charge in [-0.05, 0) is 36.4 Å². The van der Waals surface area contributed by atoms with E-state index in [0.717, 1.165) is 0 Å². The molecule has 1 aromatic heterocycles. The zero-order valence-corrected chi connectivity index (χ0v) is 12.1. The third kappa shape index (κ3) is 2.73. The lowest BCUT2D eigenvalue weighted by Crippen LogP contribution is -2.10. The summed E-state index contributed by atoms with van der Waals surface area (Å²) < 4.78 is 19.6. The van der Waals surface area contributed by atoms with Crippen LogP contribution in [0.5, 0.6) is 11.8 Å². The number of nitrogens with two attached hydrogens (primary N) is 1. The largest absolute Gasteiger partial charge is 0.422 e. The molecule has 5 nitrogen and oxygen atoms in total. The van der Waals surface area contributed by atoms with Crippen molar-refractivity contribution in [2.75, 3.05) is 5.73 Å². The van der Waals surface area contributed by atoms with Crippen molar-refractivity contribution in [1.82, 2.24) is 9.97 Å². The van der Waals surface area contributed by atoms with Crippen LogP contribution in [0, 0.1) is 5.82 Å². The molecular weight excluding hydrogens is 341 g/mol. The molecule has 3 aromatic rings. The van der Waals surface area contributed by atoms with E-state index in [4.69, 9.17) is 10.5 Å². The lowest BCUT2D eigenvalue weighted by molar-refractivity contribution is 0.411. The minimum Gasteiger partial charge on any atom is -0.422 e. The highest BCUT2D eigenvalue weighted by molar-refractivity contribution is 9.10. The van der Waals surface area contributed by atoms with Gasteiger partial charge in [-0.3, -0.25) is 9.78 Å². The van der Waals surface area contributed by atoms with Crippen LogP contribution in [-0.4, -0.2) is 9.97 Å². The summed E-state index contributed by atoms with van der Waals surface area (Å²) in [6.07, 6.45) is 0. The normalized spacial score (nSPS) is 10.8. The van der Waals surface area contributed by atoms with Gasteiger partial charge in [-0.15, -0.1) is 0 Å². The number of fused-ring (bicyclic) bond motifs is 1. The Hall–Kier alpha value is -2.41. The first kappa shape index (κ1) is 13.6. The highest BCUT2D eigenvalue weighted by Gasteiger charge is 2.09. The van der Waals surface area contributed by atoms with Crippen LogP contribution in [-0.2, 0) is 0 Å². The van der Waals surface area contributed by atoms with Crippen LogP contribution in [0.2, 0.25) is 0 Å². The zero-order chi connectivity index (χ0) is 15.0. The third-order valence-corrected chi connectivity index (χ3v) is 3.30. The summed E-state index contributed by atoms with van der Waals surface area (Å²) in [6, 6.07) is 8.89. The average molecular weight is 350 g/mol. The standard InChI is InChI=1S/C14H9BrFN3O2/c15-7-1-3-10(16)12(5-7)21-14-18-11-4-2-8(17)6-9(11)13(20)19-14/h1-6H,17H2,(H,18,19,20). The Balaban J connectivity index is 2.07. The second kappa shape index (κ2) is 5.17. The quantitative estimate of drug-likeness (QED) is 0.696. The van der Waals surface area contributed by atoms with Crippen LogP contribution in [0.25, 0.3) is 10.9 Å². The lowest BCUT2D eigenvalue weighted by Gasteiger charge is -2.07. The van der Waals surface area contributed by atoms with Crippen molar-refractivity contribution >= 4 is 32.5 Å². The number of halogens is 2. The van der Waals surface area contributed by atoms with Gasteiger partial charge in [0.2, 0.25) is 0 Å². The number of benzene rings is 2. The van der Waals surface area contributed by atoms with Gasteiger partial charge >= 0.3 is 6.01 Å². The average Bonchev–Trinajstić information content (AvgIpc) is 2.44. The zero-order valence-electron chi connectivity index (χ0n) is 10.6. The van der Waals surface area contributed by atoms with E-state index in [-0.39, 0.29) is 11.8 Å². The molecule has 2 aromatic carbocycles. The number of anilines is 1. The number of nitrogens with zero attached hydrogens (tertiary/aromatic N) is 1. The van der Waals surface area contributed by atoms with Gasteiger partial charge in [-0.1, -0.05) is 15.9 Å². The molecule has 0 radical (unpaired) electrons. The number of aromatic nitrogens is 2. The van der Waals surface area contributed by atoms with Crippen molar-refractivity contribution in [3.8, 4) is 11.8 Å². The Morgan fingerprint density at radius 1 is 1.24 bits per heavy atom. The van der Waals surface area contributed by atoms with Crippen molar-refractivity contribution in [2.24, 2.45) is 0 Å². The summed E-state index contributed by atoms with van der Waals surface area (Å²) in [6.45, 7) is 0. The minimum atomic E-state index is -0.557. The van der Waals surface area contributed by atoms with E-state index in [2.05, 4.69) is 25.9 Å². The summed E-state index contributed by atoms with van der Waals surface area (Å²) in [4.78, 5) is 18.5. The fraction of sp³-hybridized carbons (Fsp3) is 0. The van der Waals surface area contributed by atoms with E-state index in [0.29, 0.717) is 21.1 Å². The number of ether oxygens (including phenoxy) is 1. The van der Waals surface area contributed by atoms with Gasteiger partial charge in [0.05, 0.1) is 10.9 Å². The van der Waals surface area contributed by atoms with Gasteiger partial charge in [0, 0.05) is 10.2 Å². The maximum atomic E-state index is 13.6. The molecule has 1 heterocycles. The van der Waals surface area contributed by atoms with Crippen molar-refractivity contribution in [1.29, 1.82) is 0 Å². The predicted octanol–water partition coefficient (Wildman–Crippen LogP) is 3.20. The Kier molecular flexibility index (Phi) is 3.34. The molecule has 0 saturated carbocycles. The van der Waals surface area contributed by atoms with Crippen LogP contribution in [0.1, 0.15) is 0 Å². The summed E-state index contributed by atoms with van der Waals surface area (Å²) in [5.74, 6) is -0.597. The second-order valence-electron chi connectivity index (χ2n) is 4.32. The number of aromatic amines is 1. The molecule has 0 bridgehead atoms. The Labute approximate surface area is 126 Å². The second-order valence-corrected chi connectivity index (χ2v) is 5.24. The molecule has 0 amide bonds. The Morgan fingerprint density at radius 2 is 2.05 bits per heavy atom. The molecule has 0 aliphatic heterocycles. The number of hydrogen-bond donors (Lipinski definition) is 2. The molecule has 0 aliphatic carbocycles. The molecule has 0 atom stereocenters. The van der Waals surface area contributed by atoms with Crippen LogP contribution in [0.4, 0.5) is 10.1 Å². The molecule has 21 heavy (non-hydrogen) atoms. The predicted molar refractivity (Wildman–Crippen MR) is 81.0 cm³/mol. The fourth-order valence-corrected chi connectivity index (χ4v) is 2.18. The third-order valence-electron chi connectivity index (χ3n) is 2.81. The number of hydrogen-bond acceptors (Lipinski definition) is 4. The van der Waals surface area contributed by atoms with Crippen LogP contribution in [0.3, 0.4) is 0 Å². The van der Waals surface area contributed by atoms with Gasteiger partial charge in [0.1, 0.15) is 0 Å². The molecule has 3 N–H and O–H groups in total. The number of H-pyrrole nitrogens is 1. The molecule has 0 fully saturated rings. The molecular formula is C14H9BrFN3O2. The van der Waals surface area contributed by atoms with E-state index in [1.165, 1.54) is 18.2 Å². The van der Waals surface area contributed by atoms with E-state index in [9.17, 15) is 9.18 Å². The van der Waals surface area contributed by atoms with Crippen molar-refractivity contribution in [3.63, 3.8) is 0 Å². The SMILES string of the molecule is Nc1ccc2nc(Oc3cc(Br)ccc3F)[nH]c(=O)c2c1. The monoisotopic (exact) mass is 349 g/mol. The highest BCUT2D eigenvalue weighted by atomic mass is 79.9. The van der Waals surface area contributed by atoms with E-state index in [1.807, 2.05) is 0 Å². The van der Waals surface area contributed by atoms with E-state index in [1.54, 1.807) is 18.2 Å². The molecule has 3 rings (SSSR count). The molecule has 0 saturated heterocycles. The molecule has 7 heteroatoms. The van der Waals surface area contributed by atoms with E-state index < -0.39 is 11.4 Å².